The molecule has 0 aliphatic heterocycles. The molecule has 0 saturated heterocycles. The van der Waals surface area contributed by atoms with Crippen molar-refractivity contribution in [2.24, 2.45) is 0 Å². The molecular formula is C19H16BrNO3. The van der Waals surface area contributed by atoms with Crippen LogP contribution in [-0.2, 0) is 4.79 Å². The molecule has 0 spiro atoms. The zero-order chi connectivity index (χ0) is 17.3. The predicted molar refractivity (Wildman–Crippen MR) is 96.0 cm³/mol. The smallest absolute Gasteiger partial charge is 0.228 e. The van der Waals surface area contributed by atoms with Gasteiger partial charge in [0.25, 0.3) is 0 Å². The average Bonchev–Trinajstić information content (AvgIpc) is 2.96. The Morgan fingerprint density at radius 3 is 2.46 bits per heavy atom. The maximum absolute atomic E-state index is 12.6. The second kappa shape index (κ2) is 6.61. The van der Waals surface area contributed by atoms with Gasteiger partial charge in [-0.15, -0.1) is 0 Å². The van der Waals surface area contributed by atoms with E-state index >= 15 is 0 Å². The Bertz CT molecular complexity index is 912. The van der Waals surface area contributed by atoms with Gasteiger partial charge in [-0.3, -0.25) is 9.59 Å². The molecule has 24 heavy (non-hydrogen) atoms. The van der Waals surface area contributed by atoms with Gasteiger partial charge >= 0.3 is 0 Å². The van der Waals surface area contributed by atoms with E-state index in [1.165, 1.54) is 6.92 Å². The lowest BCUT2D eigenvalue weighted by Gasteiger charge is -2.12. The Morgan fingerprint density at radius 2 is 1.79 bits per heavy atom. The molecule has 0 aliphatic carbocycles. The Balaban J connectivity index is 1.84. The first kappa shape index (κ1) is 16.5. The van der Waals surface area contributed by atoms with Crippen LogP contribution in [0.3, 0.4) is 0 Å². The number of ketones is 1. The van der Waals surface area contributed by atoms with Gasteiger partial charge in [0.15, 0.2) is 5.76 Å². The number of carbonyl (C=O) groups excluding carboxylic acids is 2. The summed E-state index contributed by atoms with van der Waals surface area (Å²) < 4.78 is 6.58. The minimum Gasteiger partial charge on any atom is -0.453 e. The second-order valence-corrected chi connectivity index (χ2v) is 6.58. The summed E-state index contributed by atoms with van der Waals surface area (Å²) in [6.07, 6.45) is 0. The number of carbonyl (C=O) groups is 2. The van der Waals surface area contributed by atoms with Crippen molar-refractivity contribution in [1.29, 1.82) is 0 Å². The molecule has 122 valence electrons. The molecule has 0 unspecified atom stereocenters. The van der Waals surface area contributed by atoms with Crippen LogP contribution in [0, 0.1) is 0 Å². The predicted octanol–water partition coefficient (Wildman–Crippen LogP) is 4.62. The van der Waals surface area contributed by atoms with Gasteiger partial charge in [-0.05, 0) is 36.8 Å². The van der Waals surface area contributed by atoms with Gasteiger partial charge in [-0.25, -0.2) is 0 Å². The van der Waals surface area contributed by atoms with Gasteiger partial charge in [0.2, 0.25) is 11.7 Å². The van der Waals surface area contributed by atoms with E-state index in [0.29, 0.717) is 16.9 Å². The normalized spacial score (nSPS) is 12.1. The summed E-state index contributed by atoms with van der Waals surface area (Å²) in [5.74, 6) is 0.0582. The van der Waals surface area contributed by atoms with E-state index in [0.717, 1.165) is 15.4 Å². The molecular weight excluding hydrogens is 370 g/mol. The van der Waals surface area contributed by atoms with E-state index in [4.69, 9.17) is 4.42 Å². The van der Waals surface area contributed by atoms with E-state index in [-0.39, 0.29) is 17.7 Å². The van der Waals surface area contributed by atoms with Crippen molar-refractivity contribution in [3.63, 3.8) is 0 Å². The molecule has 4 nitrogen and oxygen atoms in total. The number of benzene rings is 2. The minimum atomic E-state index is -0.166. The fraction of sp³-hybridized carbons (Fsp3) is 0.158. The number of nitrogens with one attached hydrogen (secondary N) is 1. The van der Waals surface area contributed by atoms with Crippen LogP contribution in [0.1, 0.15) is 41.6 Å². The van der Waals surface area contributed by atoms with Gasteiger partial charge in [0.05, 0.1) is 6.04 Å². The highest BCUT2D eigenvalue weighted by atomic mass is 79.9. The summed E-state index contributed by atoms with van der Waals surface area (Å²) in [6, 6.07) is 14.4. The number of rotatable bonds is 4. The van der Waals surface area contributed by atoms with Crippen LogP contribution >= 0.6 is 15.9 Å². The summed E-state index contributed by atoms with van der Waals surface area (Å²) in [5.41, 5.74) is 2.17. The van der Waals surface area contributed by atoms with E-state index in [1.54, 1.807) is 18.2 Å². The first-order valence-electron chi connectivity index (χ1n) is 7.55. The largest absolute Gasteiger partial charge is 0.453 e. The lowest BCUT2D eigenvalue weighted by Crippen LogP contribution is -2.23. The van der Waals surface area contributed by atoms with Crippen molar-refractivity contribution < 1.29 is 14.0 Å². The molecule has 1 atom stereocenters. The van der Waals surface area contributed by atoms with Crippen molar-refractivity contribution in [1.82, 2.24) is 5.32 Å². The van der Waals surface area contributed by atoms with E-state index in [2.05, 4.69) is 21.2 Å². The molecule has 5 heteroatoms. The van der Waals surface area contributed by atoms with Crippen molar-refractivity contribution in [3.8, 4) is 0 Å². The van der Waals surface area contributed by atoms with Crippen molar-refractivity contribution in [3.05, 3.63) is 69.9 Å². The monoisotopic (exact) mass is 385 g/mol. The Hall–Kier alpha value is -2.40. The number of hydrogen-bond donors (Lipinski definition) is 1. The molecule has 3 rings (SSSR count). The summed E-state index contributed by atoms with van der Waals surface area (Å²) in [7, 11) is 0. The third kappa shape index (κ3) is 3.41. The van der Waals surface area contributed by atoms with Crippen LogP contribution in [-0.4, -0.2) is 11.7 Å². The highest BCUT2D eigenvalue weighted by molar-refractivity contribution is 9.10. The standard InChI is InChI=1S/C19H16BrNO3/c1-11(21-12(2)22)13-3-5-14(6-4-13)19(23)18-10-15-9-16(20)7-8-17(15)24-18/h3-11H,1-2H3,(H,21,22)/t11-/m1/s1. The molecule has 1 heterocycles. The summed E-state index contributed by atoms with van der Waals surface area (Å²) in [6.45, 7) is 3.38. The topological polar surface area (TPSA) is 59.3 Å². The molecule has 0 radical (unpaired) electrons. The Kier molecular flexibility index (Phi) is 4.53. The molecule has 0 saturated carbocycles. The van der Waals surface area contributed by atoms with Crippen LogP contribution in [0.4, 0.5) is 0 Å². The Morgan fingerprint density at radius 1 is 1.08 bits per heavy atom. The fourth-order valence-corrected chi connectivity index (χ4v) is 2.96. The zero-order valence-electron chi connectivity index (χ0n) is 13.3. The van der Waals surface area contributed by atoms with E-state index < -0.39 is 0 Å². The Labute approximate surface area is 148 Å². The highest BCUT2D eigenvalue weighted by Crippen LogP contribution is 2.25. The molecule has 1 N–H and O–H groups in total. The van der Waals surface area contributed by atoms with Crippen LogP contribution in [0.5, 0.6) is 0 Å². The number of furan rings is 1. The van der Waals surface area contributed by atoms with Gasteiger partial charge in [-0.2, -0.15) is 0 Å². The number of fused-ring (bicyclic) bond motifs is 1. The van der Waals surface area contributed by atoms with Crippen molar-refractivity contribution in [2.75, 3.05) is 0 Å². The third-order valence-corrected chi connectivity index (χ3v) is 4.29. The van der Waals surface area contributed by atoms with Crippen LogP contribution in [0.25, 0.3) is 11.0 Å². The van der Waals surface area contributed by atoms with E-state index in [9.17, 15) is 9.59 Å². The molecule has 0 fully saturated rings. The first-order valence-corrected chi connectivity index (χ1v) is 8.34. The molecule has 1 amide bonds. The lowest BCUT2D eigenvalue weighted by molar-refractivity contribution is -0.119. The third-order valence-electron chi connectivity index (χ3n) is 3.79. The number of halogens is 1. The second-order valence-electron chi connectivity index (χ2n) is 5.67. The summed E-state index contributed by atoms with van der Waals surface area (Å²) in [5, 5.41) is 3.69. The first-order chi connectivity index (χ1) is 11.4. The summed E-state index contributed by atoms with van der Waals surface area (Å²) >= 11 is 3.41. The van der Waals surface area contributed by atoms with Crippen LogP contribution < -0.4 is 5.32 Å². The highest BCUT2D eigenvalue weighted by Gasteiger charge is 2.15. The molecule has 3 aromatic rings. The number of hydrogen-bond acceptors (Lipinski definition) is 3. The van der Waals surface area contributed by atoms with Gasteiger partial charge in [0, 0.05) is 22.3 Å². The fourth-order valence-electron chi connectivity index (χ4n) is 2.58. The van der Waals surface area contributed by atoms with E-state index in [1.807, 2.05) is 37.3 Å². The van der Waals surface area contributed by atoms with Gasteiger partial charge in [0.1, 0.15) is 5.58 Å². The molecule has 2 aromatic carbocycles. The maximum atomic E-state index is 12.6. The summed E-state index contributed by atoms with van der Waals surface area (Å²) in [4.78, 5) is 23.7. The molecule has 0 aliphatic rings. The van der Waals surface area contributed by atoms with Crippen LogP contribution in [0.2, 0.25) is 0 Å². The maximum Gasteiger partial charge on any atom is 0.228 e. The molecule has 0 bridgehead atoms. The quantitative estimate of drug-likeness (QED) is 0.666. The van der Waals surface area contributed by atoms with Crippen molar-refractivity contribution in [2.45, 2.75) is 19.9 Å². The van der Waals surface area contributed by atoms with Gasteiger partial charge < -0.3 is 9.73 Å². The number of amides is 1. The minimum absolute atomic E-state index is 0.0870. The SMILES string of the molecule is CC(=O)N[C@H](C)c1ccc(C(=O)c2cc3cc(Br)ccc3o2)cc1. The van der Waals surface area contributed by atoms with Crippen molar-refractivity contribution >= 4 is 38.6 Å². The van der Waals surface area contributed by atoms with Crippen LogP contribution in [0.15, 0.2) is 57.4 Å². The average molecular weight is 386 g/mol. The lowest BCUT2D eigenvalue weighted by atomic mass is 10.0. The molecule has 1 aromatic heterocycles. The zero-order valence-corrected chi connectivity index (χ0v) is 14.9. The van der Waals surface area contributed by atoms with Gasteiger partial charge in [-0.1, -0.05) is 40.2 Å².